The van der Waals surface area contributed by atoms with Crippen LogP contribution in [0, 0.1) is 0 Å². The van der Waals surface area contributed by atoms with Crippen molar-refractivity contribution in [3.63, 3.8) is 0 Å². The molecule has 3 aromatic rings. The van der Waals surface area contributed by atoms with Crippen LogP contribution in [0.15, 0.2) is 70.2 Å². The lowest BCUT2D eigenvalue weighted by molar-refractivity contribution is -0.124. The summed E-state index contributed by atoms with van der Waals surface area (Å²) >= 11 is 0. The number of hydrogen-bond acceptors (Lipinski definition) is 8. The molecule has 0 unspecified atom stereocenters. The lowest BCUT2D eigenvalue weighted by Gasteiger charge is -2.10. The quantitative estimate of drug-likeness (QED) is 0.410. The molecule has 0 radical (unpaired) electrons. The van der Waals surface area contributed by atoms with Crippen LogP contribution in [0.4, 0.5) is 0 Å². The maximum absolute atomic E-state index is 12.6. The zero-order valence-corrected chi connectivity index (χ0v) is 19.6. The second-order valence-corrected chi connectivity index (χ2v) is 9.20. The Morgan fingerprint density at radius 2 is 1.71 bits per heavy atom. The highest BCUT2D eigenvalue weighted by Crippen LogP contribution is 2.27. The summed E-state index contributed by atoms with van der Waals surface area (Å²) in [6.45, 7) is -0.219. The number of sulfone groups is 1. The molecule has 0 fully saturated rings. The van der Waals surface area contributed by atoms with E-state index in [-0.39, 0.29) is 16.2 Å². The number of ether oxygens (including phenoxy) is 3. The van der Waals surface area contributed by atoms with Crippen LogP contribution in [-0.4, -0.2) is 47.7 Å². The maximum atomic E-state index is 12.6. The maximum Gasteiger partial charge on any atom is 0.375 e. The van der Waals surface area contributed by atoms with Gasteiger partial charge in [0, 0.05) is 12.1 Å². The SMILES string of the molecule is COc1ccc(CCNC(=O)COC(=O)c2occc2CS(=O)(=O)c2ccccc2)cc1OC. The topological polar surface area (TPSA) is 121 Å². The third kappa shape index (κ3) is 6.38. The van der Waals surface area contributed by atoms with E-state index in [0.717, 1.165) is 5.56 Å². The number of amides is 1. The molecule has 1 amide bonds. The van der Waals surface area contributed by atoms with Gasteiger partial charge < -0.3 is 23.9 Å². The summed E-state index contributed by atoms with van der Waals surface area (Å²) in [5.74, 6) is -0.912. The second-order valence-electron chi connectivity index (χ2n) is 7.21. The molecule has 0 aliphatic heterocycles. The number of rotatable bonds is 11. The van der Waals surface area contributed by atoms with Gasteiger partial charge in [0.2, 0.25) is 5.76 Å². The van der Waals surface area contributed by atoms with Crippen LogP contribution in [0.1, 0.15) is 21.7 Å². The van der Waals surface area contributed by atoms with Crippen molar-refractivity contribution in [2.45, 2.75) is 17.1 Å². The molecule has 1 heterocycles. The fourth-order valence-electron chi connectivity index (χ4n) is 3.17. The Bertz CT molecular complexity index is 1230. The highest BCUT2D eigenvalue weighted by atomic mass is 32.2. The van der Waals surface area contributed by atoms with Gasteiger partial charge in [0.1, 0.15) is 0 Å². The van der Waals surface area contributed by atoms with Gasteiger partial charge in [-0.2, -0.15) is 0 Å². The molecule has 1 aromatic heterocycles. The van der Waals surface area contributed by atoms with Crippen LogP contribution in [0.5, 0.6) is 11.5 Å². The molecule has 34 heavy (non-hydrogen) atoms. The largest absolute Gasteiger partial charge is 0.493 e. The van der Waals surface area contributed by atoms with Crippen molar-refractivity contribution in [3.05, 3.63) is 77.7 Å². The average molecular weight is 488 g/mol. The van der Waals surface area contributed by atoms with E-state index in [9.17, 15) is 18.0 Å². The van der Waals surface area contributed by atoms with E-state index < -0.39 is 34.1 Å². The van der Waals surface area contributed by atoms with E-state index in [2.05, 4.69) is 5.32 Å². The Hall–Kier alpha value is -3.79. The molecule has 0 bridgehead atoms. The Morgan fingerprint density at radius 3 is 2.41 bits per heavy atom. The standard InChI is InChI=1S/C24H25NO8S/c1-30-20-9-8-17(14-21(20)31-2)10-12-25-22(26)15-33-24(27)23-18(11-13-32-23)16-34(28,29)19-6-4-3-5-7-19/h3-9,11,13-14H,10,12,15-16H2,1-2H3,(H,25,26). The predicted octanol–water partition coefficient (Wildman–Crippen LogP) is 2.79. The van der Waals surface area contributed by atoms with E-state index >= 15 is 0 Å². The third-order valence-corrected chi connectivity index (χ3v) is 6.58. The number of benzene rings is 2. The van der Waals surface area contributed by atoms with Gasteiger partial charge in [-0.1, -0.05) is 24.3 Å². The summed E-state index contributed by atoms with van der Waals surface area (Å²) < 4.78 is 45.7. The third-order valence-electron chi connectivity index (χ3n) is 4.90. The summed E-state index contributed by atoms with van der Waals surface area (Å²) in [5.41, 5.74) is 1.08. The lowest BCUT2D eigenvalue weighted by Crippen LogP contribution is -2.30. The number of carbonyl (C=O) groups is 2. The lowest BCUT2D eigenvalue weighted by atomic mass is 10.1. The smallest absolute Gasteiger partial charge is 0.375 e. The monoisotopic (exact) mass is 487 g/mol. The van der Waals surface area contributed by atoms with Gasteiger partial charge in [0.25, 0.3) is 5.91 Å². The first-order valence-corrected chi connectivity index (χ1v) is 12.0. The summed E-state index contributed by atoms with van der Waals surface area (Å²) in [5, 5.41) is 2.66. The molecule has 2 aromatic carbocycles. The summed E-state index contributed by atoms with van der Waals surface area (Å²) in [6.07, 6.45) is 1.73. The molecule has 9 nitrogen and oxygen atoms in total. The minimum atomic E-state index is -3.68. The first-order valence-electron chi connectivity index (χ1n) is 10.3. The molecular formula is C24H25NO8S. The molecule has 0 saturated heterocycles. The summed E-state index contributed by atoms with van der Waals surface area (Å²) in [6, 6.07) is 14.7. The molecule has 10 heteroatoms. The van der Waals surface area contributed by atoms with Crippen molar-refractivity contribution >= 4 is 21.7 Å². The first kappa shape index (κ1) is 24.8. The number of carbonyl (C=O) groups excluding carboxylic acids is 2. The molecule has 180 valence electrons. The van der Waals surface area contributed by atoms with Gasteiger partial charge in [0.15, 0.2) is 27.9 Å². The van der Waals surface area contributed by atoms with Crippen molar-refractivity contribution in [3.8, 4) is 11.5 Å². The Balaban J connectivity index is 1.50. The number of esters is 1. The van der Waals surface area contributed by atoms with Gasteiger partial charge in [-0.15, -0.1) is 0 Å². The normalized spacial score (nSPS) is 11.0. The van der Waals surface area contributed by atoms with Crippen LogP contribution in [0.2, 0.25) is 0 Å². The van der Waals surface area contributed by atoms with Gasteiger partial charge in [-0.05, 0) is 42.3 Å². The van der Waals surface area contributed by atoms with Crippen molar-refractivity contribution in [2.75, 3.05) is 27.4 Å². The number of methoxy groups -OCH3 is 2. The molecule has 1 N–H and O–H groups in total. The molecule has 0 atom stereocenters. The molecule has 0 spiro atoms. The zero-order valence-electron chi connectivity index (χ0n) is 18.8. The van der Waals surface area contributed by atoms with Crippen LogP contribution in [0.25, 0.3) is 0 Å². The predicted molar refractivity (Wildman–Crippen MR) is 123 cm³/mol. The van der Waals surface area contributed by atoms with Crippen molar-refractivity contribution in [2.24, 2.45) is 0 Å². The molecule has 0 aliphatic rings. The number of furan rings is 1. The van der Waals surface area contributed by atoms with Gasteiger partial charge in [-0.3, -0.25) is 4.79 Å². The minimum absolute atomic E-state index is 0.129. The van der Waals surface area contributed by atoms with E-state index in [1.54, 1.807) is 38.5 Å². The molecule has 0 aliphatic carbocycles. The van der Waals surface area contributed by atoms with Gasteiger partial charge in [0.05, 0.1) is 31.1 Å². The average Bonchev–Trinajstić information content (AvgIpc) is 3.30. The van der Waals surface area contributed by atoms with Crippen LogP contribution >= 0.6 is 0 Å². The van der Waals surface area contributed by atoms with E-state index in [0.29, 0.717) is 24.5 Å². The molecule has 3 rings (SSSR count). The summed E-state index contributed by atoms with van der Waals surface area (Å²) in [7, 11) is -0.593. The first-order chi connectivity index (χ1) is 16.3. The van der Waals surface area contributed by atoms with Crippen LogP contribution < -0.4 is 14.8 Å². The van der Waals surface area contributed by atoms with Gasteiger partial charge in [-0.25, -0.2) is 13.2 Å². The number of nitrogens with one attached hydrogen (secondary N) is 1. The fourth-order valence-corrected chi connectivity index (χ4v) is 4.55. The minimum Gasteiger partial charge on any atom is -0.493 e. The van der Waals surface area contributed by atoms with Gasteiger partial charge >= 0.3 is 5.97 Å². The van der Waals surface area contributed by atoms with Crippen molar-refractivity contribution in [1.29, 1.82) is 0 Å². The molecule has 0 saturated carbocycles. The Kier molecular flexibility index (Phi) is 8.31. The van der Waals surface area contributed by atoms with Crippen molar-refractivity contribution in [1.82, 2.24) is 5.32 Å². The van der Waals surface area contributed by atoms with Crippen LogP contribution in [0.3, 0.4) is 0 Å². The highest BCUT2D eigenvalue weighted by Gasteiger charge is 2.24. The Morgan fingerprint density at radius 1 is 0.971 bits per heavy atom. The number of hydrogen-bond donors (Lipinski definition) is 1. The second kappa shape index (κ2) is 11.4. The highest BCUT2D eigenvalue weighted by molar-refractivity contribution is 7.90. The molecular weight excluding hydrogens is 462 g/mol. The zero-order chi connectivity index (χ0) is 24.6. The summed E-state index contributed by atoms with van der Waals surface area (Å²) in [4.78, 5) is 24.6. The van der Waals surface area contributed by atoms with E-state index in [4.69, 9.17) is 18.6 Å². The fraction of sp³-hybridized carbons (Fsp3) is 0.250. The van der Waals surface area contributed by atoms with E-state index in [1.807, 2.05) is 12.1 Å². The van der Waals surface area contributed by atoms with Crippen LogP contribution in [-0.2, 0) is 31.5 Å². The Labute approximate surface area is 197 Å². The van der Waals surface area contributed by atoms with E-state index in [1.165, 1.54) is 24.5 Å². The van der Waals surface area contributed by atoms with Crippen molar-refractivity contribution < 1.29 is 36.6 Å².